The molecule has 1 rings (SSSR count). The number of aromatic nitrogens is 2. The second-order valence-electron chi connectivity index (χ2n) is 2.31. The Balaban J connectivity index is 3.48. The van der Waals surface area contributed by atoms with Crippen molar-refractivity contribution in [3.63, 3.8) is 0 Å². The van der Waals surface area contributed by atoms with E-state index in [1.54, 1.807) is 7.05 Å². The highest BCUT2D eigenvalue weighted by Crippen LogP contribution is 2.24. The molecule has 1 aromatic rings. The van der Waals surface area contributed by atoms with E-state index in [1.807, 2.05) is 0 Å². The lowest BCUT2D eigenvalue weighted by Crippen LogP contribution is -2.05. The number of hydrogen-bond donors (Lipinski definition) is 0. The monoisotopic (exact) mass is 316 g/mol. The molecule has 0 N–H and O–H groups in total. The maximum atomic E-state index is 11.1. The first-order valence-electron chi connectivity index (χ1n) is 2.92. The van der Waals surface area contributed by atoms with Gasteiger partial charge in [0.2, 0.25) is 15.0 Å². The third-order valence-corrected chi connectivity index (χ3v) is 4.30. The van der Waals surface area contributed by atoms with Gasteiger partial charge >= 0.3 is 0 Å². The third kappa shape index (κ3) is 1.72. The van der Waals surface area contributed by atoms with Crippen LogP contribution in [0.15, 0.2) is 14.4 Å². The lowest BCUT2D eigenvalue weighted by Gasteiger charge is -1.97. The van der Waals surface area contributed by atoms with Crippen molar-refractivity contribution in [1.29, 1.82) is 0 Å². The summed E-state index contributed by atoms with van der Waals surface area (Å²) < 4.78 is 24.8. The first kappa shape index (κ1) is 10.2. The number of nitrogens with zero attached hydrogens (tertiary/aromatic N) is 2. The highest BCUT2D eigenvalue weighted by molar-refractivity contribution is 9.13. The quantitative estimate of drug-likeness (QED) is 0.785. The third-order valence-electron chi connectivity index (χ3n) is 1.28. The van der Waals surface area contributed by atoms with E-state index in [4.69, 9.17) is 0 Å². The number of sulfone groups is 1. The van der Waals surface area contributed by atoms with Crippen molar-refractivity contribution in [3.8, 4) is 0 Å². The molecule has 68 valence electrons. The van der Waals surface area contributed by atoms with E-state index >= 15 is 0 Å². The van der Waals surface area contributed by atoms with E-state index in [0.717, 1.165) is 6.26 Å². The van der Waals surface area contributed by atoms with Crippen LogP contribution in [0.25, 0.3) is 0 Å². The van der Waals surface area contributed by atoms with Crippen LogP contribution in [0.4, 0.5) is 0 Å². The first-order valence-corrected chi connectivity index (χ1v) is 6.39. The number of imidazole rings is 1. The van der Waals surface area contributed by atoms with Crippen LogP contribution in [-0.4, -0.2) is 24.2 Å². The molecule has 12 heavy (non-hydrogen) atoms. The largest absolute Gasteiger partial charge is 0.312 e. The Morgan fingerprint density at radius 1 is 1.42 bits per heavy atom. The predicted octanol–water partition coefficient (Wildman–Crippen LogP) is 1.35. The Hall–Kier alpha value is 0.120. The predicted molar refractivity (Wildman–Crippen MR) is 51.7 cm³/mol. The van der Waals surface area contributed by atoms with Crippen LogP contribution in [0, 0.1) is 0 Å². The molecular weight excluding hydrogens is 312 g/mol. The van der Waals surface area contributed by atoms with Crippen LogP contribution in [-0.2, 0) is 16.9 Å². The molecule has 0 aromatic carbocycles. The minimum Gasteiger partial charge on any atom is -0.312 e. The molecule has 0 spiro atoms. The van der Waals surface area contributed by atoms with Gasteiger partial charge in [0.15, 0.2) is 0 Å². The summed E-state index contributed by atoms with van der Waals surface area (Å²) in [5, 5.41) is 0.0428. The van der Waals surface area contributed by atoms with Gasteiger partial charge in [-0.1, -0.05) is 0 Å². The van der Waals surface area contributed by atoms with Gasteiger partial charge in [-0.3, -0.25) is 0 Å². The highest BCUT2D eigenvalue weighted by Gasteiger charge is 2.18. The van der Waals surface area contributed by atoms with Crippen molar-refractivity contribution in [1.82, 2.24) is 9.55 Å². The van der Waals surface area contributed by atoms with Gasteiger partial charge in [0.25, 0.3) is 0 Å². The van der Waals surface area contributed by atoms with Crippen molar-refractivity contribution >= 4 is 41.7 Å². The van der Waals surface area contributed by atoms with E-state index in [0.29, 0.717) is 9.21 Å². The van der Waals surface area contributed by atoms with Gasteiger partial charge in [0.05, 0.1) is 0 Å². The van der Waals surface area contributed by atoms with E-state index in [9.17, 15) is 8.42 Å². The fraction of sp³-hybridized carbons (Fsp3) is 0.400. The summed E-state index contributed by atoms with van der Waals surface area (Å²) in [5.41, 5.74) is 0. The van der Waals surface area contributed by atoms with Crippen LogP contribution in [0.5, 0.6) is 0 Å². The molecule has 0 radical (unpaired) electrons. The molecule has 4 nitrogen and oxygen atoms in total. The Morgan fingerprint density at radius 3 is 2.08 bits per heavy atom. The maximum Gasteiger partial charge on any atom is 0.229 e. The summed E-state index contributed by atoms with van der Waals surface area (Å²) in [6.45, 7) is 0. The Labute approximate surface area is 87.2 Å². The minimum absolute atomic E-state index is 0.0428. The smallest absolute Gasteiger partial charge is 0.229 e. The average Bonchev–Trinajstić information content (AvgIpc) is 2.15. The zero-order chi connectivity index (χ0) is 9.52. The molecule has 7 heteroatoms. The average molecular weight is 318 g/mol. The number of halogens is 2. The molecule has 0 saturated carbocycles. The van der Waals surface area contributed by atoms with Crippen LogP contribution in [0.1, 0.15) is 0 Å². The lowest BCUT2D eigenvalue weighted by molar-refractivity contribution is 0.584. The van der Waals surface area contributed by atoms with Crippen LogP contribution < -0.4 is 0 Å². The van der Waals surface area contributed by atoms with Crippen LogP contribution in [0.3, 0.4) is 0 Å². The Kier molecular flexibility index (Phi) is 2.65. The summed E-state index contributed by atoms with van der Waals surface area (Å²) in [7, 11) is -1.62. The second kappa shape index (κ2) is 3.12. The van der Waals surface area contributed by atoms with Crippen molar-refractivity contribution < 1.29 is 8.42 Å². The summed E-state index contributed by atoms with van der Waals surface area (Å²) >= 11 is 6.30. The van der Waals surface area contributed by atoms with Crippen molar-refractivity contribution in [2.45, 2.75) is 5.16 Å². The topological polar surface area (TPSA) is 52.0 Å². The molecule has 0 saturated heterocycles. The first-order chi connectivity index (χ1) is 5.34. The van der Waals surface area contributed by atoms with Gasteiger partial charge in [-0.15, -0.1) is 0 Å². The Morgan fingerprint density at radius 2 is 1.92 bits per heavy atom. The molecule has 0 unspecified atom stereocenters. The number of rotatable bonds is 1. The summed E-state index contributed by atoms with van der Waals surface area (Å²) in [6.07, 6.45) is 1.12. The van der Waals surface area contributed by atoms with Crippen molar-refractivity contribution in [3.05, 3.63) is 9.21 Å². The standard InChI is InChI=1S/C5H6Br2N2O2S/c1-9-4(7)3(6)8-5(9)12(2,10)11/h1-2H3. The van der Waals surface area contributed by atoms with E-state index in [1.165, 1.54) is 4.57 Å². The molecule has 0 fully saturated rings. The summed E-state index contributed by atoms with van der Waals surface area (Å²) in [5.74, 6) is 0. The van der Waals surface area contributed by atoms with Gasteiger partial charge in [-0.25, -0.2) is 13.4 Å². The molecule has 0 aliphatic rings. The maximum absolute atomic E-state index is 11.1. The van der Waals surface area contributed by atoms with Crippen molar-refractivity contribution in [2.75, 3.05) is 6.26 Å². The molecule has 0 atom stereocenters. The van der Waals surface area contributed by atoms with E-state index in [2.05, 4.69) is 36.8 Å². The van der Waals surface area contributed by atoms with Gasteiger partial charge < -0.3 is 4.57 Å². The molecule has 0 aliphatic carbocycles. The minimum atomic E-state index is -3.24. The zero-order valence-corrected chi connectivity index (χ0v) is 10.4. The second-order valence-corrected chi connectivity index (χ2v) is 5.72. The lowest BCUT2D eigenvalue weighted by atomic mass is 10.9. The van der Waals surface area contributed by atoms with Crippen LogP contribution in [0.2, 0.25) is 0 Å². The normalized spacial score (nSPS) is 12.0. The van der Waals surface area contributed by atoms with Gasteiger partial charge in [0.1, 0.15) is 9.21 Å². The van der Waals surface area contributed by atoms with Gasteiger partial charge in [-0.05, 0) is 31.9 Å². The molecule has 0 bridgehead atoms. The SMILES string of the molecule is Cn1c(S(C)(=O)=O)nc(Br)c1Br. The zero-order valence-electron chi connectivity index (χ0n) is 6.38. The molecule has 1 heterocycles. The highest BCUT2D eigenvalue weighted by atomic mass is 79.9. The fourth-order valence-electron chi connectivity index (χ4n) is 0.759. The fourth-order valence-corrected chi connectivity index (χ4v) is 2.53. The molecule has 0 amide bonds. The number of hydrogen-bond acceptors (Lipinski definition) is 3. The van der Waals surface area contributed by atoms with E-state index in [-0.39, 0.29) is 5.16 Å². The van der Waals surface area contributed by atoms with Gasteiger partial charge in [0, 0.05) is 13.3 Å². The Bertz CT molecular complexity index is 409. The summed E-state index contributed by atoms with van der Waals surface area (Å²) in [6, 6.07) is 0. The van der Waals surface area contributed by atoms with Crippen LogP contribution >= 0.6 is 31.9 Å². The van der Waals surface area contributed by atoms with Gasteiger partial charge in [-0.2, -0.15) is 0 Å². The molecule has 0 aliphatic heterocycles. The molecular formula is C5H6Br2N2O2S. The molecule has 1 aromatic heterocycles. The van der Waals surface area contributed by atoms with E-state index < -0.39 is 9.84 Å². The summed E-state index contributed by atoms with van der Waals surface area (Å²) in [4.78, 5) is 3.83. The van der Waals surface area contributed by atoms with Crippen molar-refractivity contribution in [2.24, 2.45) is 7.05 Å².